The number of carbonyl (C=O) groups is 3. The lowest BCUT2D eigenvalue weighted by Gasteiger charge is -2.19. The van der Waals surface area contributed by atoms with Gasteiger partial charge in [-0.2, -0.15) is 0 Å². The summed E-state index contributed by atoms with van der Waals surface area (Å²) in [5.41, 5.74) is 0. The molecular formula is C15H23N3O3. The molecule has 1 N–H and O–H groups in total. The van der Waals surface area contributed by atoms with Gasteiger partial charge in [-0.3, -0.25) is 19.3 Å². The Kier molecular flexibility index (Phi) is 4.24. The second-order valence-electron chi connectivity index (χ2n) is 6.30. The minimum absolute atomic E-state index is 0.0670. The van der Waals surface area contributed by atoms with Gasteiger partial charge in [0.15, 0.2) is 0 Å². The van der Waals surface area contributed by atoms with Crippen LogP contribution >= 0.6 is 0 Å². The van der Waals surface area contributed by atoms with Crippen LogP contribution in [0.5, 0.6) is 0 Å². The molecule has 0 radical (unpaired) electrons. The fourth-order valence-corrected chi connectivity index (χ4v) is 3.66. The van der Waals surface area contributed by atoms with Crippen LogP contribution in [0.1, 0.15) is 38.5 Å². The maximum absolute atomic E-state index is 12.3. The van der Waals surface area contributed by atoms with E-state index in [0.29, 0.717) is 24.8 Å². The molecule has 6 nitrogen and oxygen atoms in total. The zero-order valence-electron chi connectivity index (χ0n) is 12.3. The van der Waals surface area contributed by atoms with Crippen LogP contribution in [0.2, 0.25) is 0 Å². The number of nitrogens with zero attached hydrogens (tertiary/aromatic N) is 2. The summed E-state index contributed by atoms with van der Waals surface area (Å²) in [6, 6.07) is 0.423. The van der Waals surface area contributed by atoms with Gasteiger partial charge in [-0.15, -0.1) is 0 Å². The highest BCUT2D eigenvalue weighted by molar-refractivity contribution is 6.02. The first-order valence-corrected chi connectivity index (χ1v) is 7.99. The van der Waals surface area contributed by atoms with Crippen molar-refractivity contribution in [3.8, 4) is 0 Å². The van der Waals surface area contributed by atoms with E-state index in [1.165, 1.54) is 24.2 Å². The monoisotopic (exact) mass is 293 g/mol. The van der Waals surface area contributed by atoms with Crippen LogP contribution in [0.25, 0.3) is 0 Å². The molecule has 3 amide bonds. The zero-order valence-corrected chi connectivity index (χ0v) is 12.3. The van der Waals surface area contributed by atoms with Gasteiger partial charge in [0.2, 0.25) is 17.7 Å². The Labute approximate surface area is 124 Å². The first kappa shape index (κ1) is 14.5. The molecule has 21 heavy (non-hydrogen) atoms. The Morgan fingerprint density at radius 3 is 2.67 bits per heavy atom. The Bertz CT molecular complexity index is 421. The first-order chi connectivity index (χ1) is 10.1. The van der Waals surface area contributed by atoms with Crippen molar-refractivity contribution >= 4 is 17.7 Å². The van der Waals surface area contributed by atoms with E-state index in [2.05, 4.69) is 5.32 Å². The third-order valence-electron chi connectivity index (χ3n) is 4.91. The molecule has 0 bridgehead atoms. The van der Waals surface area contributed by atoms with Gasteiger partial charge in [0, 0.05) is 44.9 Å². The van der Waals surface area contributed by atoms with Gasteiger partial charge >= 0.3 is 0 Å². The van der Waals surface area contributed by atoms with Crippen molar-refractivity contribution < 1.29 is 14.4 Å². The normalized spacial score (nSPS) is 29.7. The van der Waals surface area contributed by atoms with Gasteiger partial charge in [0.05, 0.1) is 0 Å². The molecule has 0 aromatic heterocycles. The maximum Gasteiger partial charge on any atom is 0.229 e. The Hall–Kier alpha value is -1.43. The smallest absolute Gasteiger partial charge is 0.229 e. The Morgan fingerprint density at radius 1 is 1.14 bits per heavy atom. The number of likely N-dealkylation sites (tertiary alicyclic amines) is 2. The third-order valence-corrected chi connectivity index (χ3v) is 4.91. The van der Waals surface area contributed by atoms with E-state index in [1.54, 1.807) is 0 Å². The molecule has 0 spiro atoms. The maximum atomic E-state index is 12.3. The van der Waals surface area contributed by atoms with Crippen LogP contribution in [-0.4, -0.2) is 59.7 Å². The summed E-state index contributed by atoms with van der Waals surface area (Å²) in [4.78, 5) is 38.5. The highest BCUT2D eigenvalue weighted by Crippen LogP contribution is 2.25. The molecule has 3 aliphatic heterocycles. The van der Waals surface area contributed by atoms with Gasteiger partial charge in [-0.05, 0) is 25.3 Å². The number of fused-ring (bicyclic) bond motifs is 1. The molecule has 0 aromatic carbocycles. The number of hydrogen-bond acceptors (Lipinski definition) is 4. The van der Waals surface area contributed by atoms with E-state index in [0.717, 1.165) is 19.6 Å². The van der Waals surface area contributed by atoms with E-state index in [4.69, 9.17) is 0 Å². The molecule has 2 atom stereocenters. The van der Waals surface area contributed by atoms with E-state index in [9.17, 15) is 14.4 Å². The van der Waals surface area contributed by atoms with Crippen LogP contribution in [0.15, 0.2) is 0 Å². The van der Waals surface area contributed by atoms with Gasteiger partial charge in [0.1, 0.15) is 0 Å². The third kappa shape index (κ3) is 3.10. The van der Waals surface area contributed by atoms with Crippen molar-refractivity contribution in [3.63, 3.8) is 0 Å². The predicted octanol–water partition coefficient (Wildman–Crippen LogP) is 0.126. The molecule has 3 rings (SSSR count). The van der Waals surface area contributed by atoms with Crippen molar-refractivity contribution in [2.45, 2.75) is 44.6 Å². The van der Waals surface area contributed by atoms with Crippen molar-refractivity contribution in [1.29, 1.82) is 0 Å². The number of carbonyl (C=O) groups excluding carboxylic acids is 3. The quantitative estimate of drug-likeness (QED) is 0.751. The van der Waals surface area contributed by atoms with Crippen LogP contribution in [0, 0.1) is 5.92 Å². The molecule has 0 aliphatic carbocycles. The number of imide groups is 1. The van der Waals surface area contributed by atoms with Crippen LogP contribution in [0.4, 0.5) is 0 Å². The van der Waals surface area contributed by atoms with Gasteiger partial charge in [0.25, 0.3) is 0 Å². The molecule has 3 aliphatic rings. The summed E-state index contributed by atoms with van der Waals surface area (Å²) in [7, 11) is 0. The van der Waals surface area contributed by atoms with Crippen molar-refractivity contribution in [1.82, 2.24) is 15.1 Å². The Balaban J connectivity index is 1.50. The minimum Gasteiger partial charge on any atom is -0.341 e. The standard InChI is InChI=1S/C15H23N3O3/c19-13(6-8-18-14(20)4-5-15(18)21)17-9-11-3-1-2-7-16-12(11)10-17/h11-12,16H,1-10H2. The lowest BCUT2D eigenvalue weighted by Crippen LogP contribution is -2.38. The van der Waals surface area contributed by atoms with Crippen LogP contribution in [0.3, 0.4) is 0 Å². The summed E-state index contributed by atoms with van der Waals surface area (Å²) in [5.74, 6) is 0.353. The fourth-order valence-electron chi connectivity index (χ4n) is 3.66. The molecule has 6 heteroatoms. The highest BCUT2D eigenvalue weighted by atomic mass is 16.2. The number of nitrogens with one attached hydrogen (secondary N) is 1. The average Bonchev–Trinajstić information content (AvgIpc) is 2.94. The van der Waals surface area contributed by atoms with Gasteiger partial charge in [-0.25, -0.2) is 0 Å². The predicted molar refractivity (Wildman–Crippen MR) is 76.3 cm³/mol. The topological polar surface area (TPSA) is 69.7 Å². The van der Waals surface area contributed by atoms with Crippen molar-refractivity contribution in [3.05, 3.63) is 0 Å². The van der Waals surface area contributed by atoms with Gasteiger partial charge in [-0.1, -0.05) is 6.42 Å². The summed E-state index contributed by atoms with van der Waals surface area (Å²) in [6.45, 7) is 2.87. The highest BCUT2D eigenvalue weighted by Gasteiger charge is 2.36. The molecule has 3 saturated heterocycles. The summed E-state index contributed by atoms with van der Waals surface area (Å²) < 4.78 is 0. The number of rotatable bonds is 3. The van der Waals surface area contributed by atoms with E-state index < -0.39 is 0 Å². The SMILES string of the molecule is O=C(CCN1C(=O)CCC1=O)N1CC2CCCCNC2C1. The second-order valence-corrected chi connectivity index (χ2v) is 6.30. The molecular weight excluding hydrogens is 270 g/mol. The summed E-state index contributed by atoms with van der Waals surface area (Å²) >= 11 is 0. The summed E-state index contributed by atoms with van der Waals surface area (Å²) in [6.07, 6.45) is 4.49. The fraction of sp³-hybridized carbons (Fsp3) is 0.800. The second kappa shape index (κ2) is 6.13. The number of hydrogen-bond donors (Lipinski definition) is 1. The lowest BCUT2D eigenvalue weighted by atomic mass is 9.99. The summed E-state index contributed by atoms with van der Waals surface area (Å²) in [5, 5.41) is 3.53. The minimum atomic E-state index is -0.138. The molecule has 116 valence electrons. The lowest BCUT2D eigenvalue weighted by molar-refractivity contribution is -0.139. The van der Waals surface area contributed by atoms with Crippen LogP contribution in [-0.2, 0) is 14.4 Å². The van der Waals surface area contributed by atoms with Crippen LogP contribution < -0.4 is 5.32 Å². The molecule has 0 saturated carbocycles. The molecule has 2 unspecified atom stereocenters. The zero-order chi connectivity index (χ0) is 14.8. The molecule has 0 aromatic rings. The van der Waals surface area contributed by atoms with E-state index in [1.807, 2.05) is 4.90 Å². The van der Waals surface area contributed by atoms with Crippen molar-refractivity contribution in [2.24, 2.45) is 5.92 Å². The molecule has 3 heterocycles. The van der Waals surface area contributed by atoms with Gasteiger partial charge < -0.3 is 10.2 Å². The van der Waals surface area contributed by atoms with Crippen molar-refractivity contribution in [2.75, 3.05) is 26.2 Å². The van der Waals surface area contributed by atoms with E-state index >= 15 is 0 Å². The molecule has 3 fully saturated rings. The largest absolute Gasteiger partial charge is 0.341 e. The first-order valence-electron chi connectivity index (χ1n) is 7.99. The number of amides is 3. The van der Waals surface area contributed by atoms with E-state index in [-0.39, 0.29) is 30.7 Å². The Morgan fingerprint density at radius 2 is 1.90 bits per heavy atom. The average molecular weight is 293 g/mol.